The molecule has 7 nitrogen and oxygen atoms in total. The number of nitrogens with two attached hydrogens (primary N) is 1. The van der Waals surface area contributed by atoms with Crippen molar-refractivity contribution < 1.29 is 14.7 Å². The highest BCUT2D eigenvalue weighted by Gasteiger charge is 2.07. The van der Waals surface area contributed by atoms with Crippen molar-refractivity contribution in [2.45, 2.75) is 0 Å². The predicted octanol–water partition coefficient (Wildman–Crippen LogP) is -1.13. The van der Waals surface area contributed by atoms with Gasteiger partial charge in [-0.25, -0.2) is 9.97 Å². The van der Waals surface area contributed by atoms with Crippen molar-refractivity contribution in [2.24, 2.45) is 0 Å². The Kier molecular flexibility index (Phi) is 2.95. The van der Waals surface area contributed by atoms with Crippen LogP contribution in [0.15, 0.2) is 12.4 Å². The van der Waals surface area contributed by atoms with E-state index in [-0.39, 0.29) is 11.5 Å². The van der Waals surface area contributed by atoms with Crippen LogP contribution in [0.4, 0.5) is 5.95 Å². The predicted molar refractivity (Wildman–Crippen MR) is 46.4 cm³/mol. The number of carboxylic acid groups (broad SMARTS) is 1. The first kappa shape index (κ1) is 9.90. The van der Waals surface area contributed by atoms with E-state index in [9.17, 15) is 9.59 Å². The third kappa shape index (κ3) is 2.70. The highest BCUT2D eigenvalue weighted by atomic mass is 16.4. The maximum atomic E-state index is 11.2. The van der Waals surface area contributed by atoms with Gasteiger partial charge in [-0.1, -0.05) is 0 Å². The number of aromatic nitrogens is 2. The third-order valence-corrected chi connectivity index (χ3v) is 1.33. The normalized spacial score (nSPS) is 9.43. The maximum Gasteiger partial charge on any atom is 0.322 e. The number of hydrogen-bond acceptors (Lipinski definition) is 5. The summed E-state index contributed by atoms with van der Waals surface area (Å²) in [5.41, 5.74) is 5.37. The highest BCUT2D eigenvalue weighted by Crippen LogP contribution is 1.95. The third-order valence-electron chi connectivity index (χ3n) is 1.33. The van der Waals surface area contributed by atoms with Crippen LogP contribution in [0.5, 0.6) is 0 Å². The lowest BCUT2D eigenvalue weighted by atomic mass is 10.3. The number of carboxylic acids is 1. The Hall–Kier alpha value is -2.18. The van der Waals surface area contributed by atoms with Gasteiger partial charge in [0.1, 0.15) is 6.54 Å². The molecule has 1 rings (SSSR count). The molecule has 0 aliphatic rings. The molecule has 0 aliphatic heterocycles. The molecule has 4 N–H and O–H groups in total. The zero-order valence-electron chi connectivity index (χ0n) is 7.10. The summed E-state index contributed by atoms with van der Waals surface area (Å²) < 4.78 is 0. The number of anilines is 1. The lowest BCUT2D eigenvalue weighted by molar-refractivity contribution is -0.135. The van der Waals surface area contributed by atoms with Crippen LogP contribution in [0.2, 0.25) is 0 Å². The maximum absolute atomic E-state index is 11.2. The molecule has 74 valence electrons. The first-order valence-electron chi connectivity index (χ1n) is 3.67. The molecular weight excluding hydrogens is 188 g/mol. The van der Waals surface area contributed by atoms with Crippen molar-refractivity contribution in [3.8, 4) is 0 Å². The molecule has 1 aromatic heterocycles. The first-order valence-corrected chi connectivity index (χ1v) is 3.67. The van der Waals surface area contributed by atoms with Gasteiger partial charge in [-0.2, -0.15) is 0 Å². The fourth-order valence-electron chi connectivity index (χ4n) is 0.713. The molecule has 0 aliphatic carbocycles. The summed E-state index contributed by atoms with van der Waals surface area (Å²) in [6.07, 6.45) is 2.44. The Bertz CT molecular complexity index is 348. The van der Waals surface area contributed by atoms with E-state index in [0.717, 1.165) is 0 Å². The Morgan fingerprint density at radius 2 is 2.00 bits per heavy atom. The highest BCUT2D eigenvalue weighted by molar-refractivity contribution is 5.95. The number of nitrogens with zero attached hydrogens (tertiary/aromatic N) is 2. The van der Waals surface area contributed by atoms with E-state index >= 15 is 0 Å². The van der Waals surface area contributed by atoms with E-state index in [0.29, 0.717) is 0 Å². The number of hydrogen-bond donors (Lipinski definition) is 3. The second-order valence-electron chi connectivity index (χ2n) is 2.41. The van der Waals surface area contributed by atoms with E-state index in [1.165, 1.54) is 12.4 Å². The van der Waals surface area contributed by atoms with Crippen LogP contribution in [-0.2, 0) is 4.79 Å². The van der Waals surface area contributed by atoms with E-state index in [1.807, 2.05) is 0 Å². The molecule has 7 heteroatoms. The van der Waals surface area contributed by atoms with Gasteiger partial charge in [-0.15, -0.1) is 0 Å². The Labute approximate surface area is 79.0 Å². The number of carbonyl (C=O) groups is 2. The van der Waals surface area contributed by atoms with Crippen molar-refractivity contribution in [3.63, 3.8) is 0 Å². The first-order chi connectivity index (χ1) is 6.59. The summed E-state index contributed by atoms with van der Waals surface area (Å²) in [5, 5.41) is 10.4. The van der Waals surface area contributed by atoms with Gasteiger partial charge in [-0.3, -0.25) is 9.59 Å². The van der Waals surface area contributed by atoms with Crippen molar-refractivity contribution in [1.29, 1.82) is 0 Å². The van der Waals surface area contributed by atoms with Crippen LogP contribution in [0.1, 0.15) is 10.4 Å². The van der Waals surface area contributed by atoms with E-state index in [4.69, 9.17) is 10.8 Å². The van der Waals surface area contributed by atoms with Gasteiger partial charge >= 0.3 is 5.97 Å². The molecule has 14 heavy (non-hydrogen) atoms. The summed E-state index contributed by atoms with van der Waals surface area (Å²) >= 11 is 0. The number of aliphatic carboxylic acids is 1. The fourth-order valence-corrected chi connectivity index (χ4v) is 0.713. The molecule has 0 radical (unpaired) electrons. The average Bonchev–Trinajstić information content (AvgIpc) is 2.15. The summed E-state index contributed by atoms with van der Waals surface area (Å²) in [6, 6.07) is 0. The molecule has 0 saturated carbocycles. The molecule has 1 heterocycles. The molecule has 0 bridgehead atoms. The van der Waals surface area contributed by atoms with Crippen LogP contribution in [0.25, 0.3) is 0 Å². The van der Waals surface area contributed by atoms with E-state index in [1.54, 1.807) is 0 Å². The average molecular weight is 196 g/mol. The molecule has 1 aromatic rings. The fraction of sp³-hybridized carbons (Fsp3) is 0.143. The smallest absolute Gasteiger partial charge is 0.322 e. The standard InChI is InChI=1S/C7H8N4O3/c8-7-10-1-4(2-11-7)6(14)9-3-5(12)13/h1-2H,3H2,(H,9,14)(H,12,13)(H2,8,10,11). The zero-order chi connectivity index (χ0) is 10.6. The van der Waals surface area contributed by atoms with Gasteiger partial charge in [0, 0.05) is 12.4 Å². The van der Waals surface area contributed by atoms with Gasteiger partial charge in [-0.05, 0) is 0 Å². The van der Waals surface area contributed by atoms with Crippen LogP contribution in [-0.4, -0.2) is 33.5 Å². The number of rotatable bonds is 3. The molecular formula is C7H8N4O3. The molecule has 0 unspecified atom stereocenters. The van der Waals surface area contributed by atoms with E-state index < -0.39 is 18.4 Å². The zero-order valence-corrected chi connectivity index (χ0v) is 7.10. The largest absolute Gasteiger partial charge is 0.480 e. The SMILES string of the molecule is Nc1ncc(C(=O)NCC(=O)O)cn1. The molecule has 0 aromatic carbocycles. The Balaban J connectivity index is 2.61. The second-order valence-corrected chi connectivity index (χ2v) is 2.41. The van der Waals surface area contributed by atoms with Crippen LogP contribution in [0.3, 0.4) is 0 Å². The minimum Gasteiger partial charge on any atom is -0.480 e. The minimum atomic E-state index is -1.12. The second kappa shape index (κ2) is 4.17. The summed E-state index contributed by atoms with van der Waals surface area (Å²) in [4.78, 5) is 28.5. The van der Waals surface area contributed by atoms with Crippen LogP contribution < -0.4 is 11.1 Å². The van der Waals surface area contributed by atoms with Crippen molar-refractivity contribution in [3.05, 3.63) is 18.0 Å². The monoisotopic (exact) mass is 196 g/mol. The van der Waals surface area contributed by atoms with Gasteiger partial charge < -0.3 is 16.2 Å². The Morgan fingerprint density at radius 3 is 2.50 bits per heavy atom. The van der Waals surface area contributed by atoms with Crippen molar-refractivity contribution in [1.82, 2.24) is 15.3 Å². The van der Waals surface area contributed by atoms with Crippen molar-refractivity contribution in [2.75, 3.05) is 12.3 Å². The molecule has 1 amide bonds. The van der Waals surface area contributed by atoms with E-state index in [2.05, 4.69) is 15.3 Å². The number of nitrogens with one attached hydrogen (secondary N) is 1. The van der Waals surface area contributed by atoms with Gasteiger partial charge in [0.05, 0.1) is 5.56 Å². The molecule has 0 saturated heterocycles. The summed E-state index contributed by atoms with van der Waals surface area (Å²) in [6.45, 7) is -0.441. The van der Waals surface area contributed by atoms with Crippen LogP contribution in [0, 0.1) is 0 Å². The van der Waals surface area contributed by atoms with Crippen molar-refractivity contribution >= 4 is 17.8 Å². The molecule has 0 spiro atoms. The number of carbonyl (C=O) groups excluding carboxylic acids is 1. The molecule has 0 atom stereocenters. The van der Waals surface area contributed by atoms with Gasteiger partial charge in [0.15, 0.2) is 0 Å². The quantitative estimate of drug-likeness (QED) is 0.563. The number of nitrogen functional groups attached to an aromatic ring is 1. The van der Waals surface area contributed by atoms with Gasteiger partial charge in [0.25, 0.3) is 5.91 Å². The Morgan fingerprint density at radius 1 is 1.43 bits per heavy atom. The van der Waals surface area contributed by atoms with Gasteiger partial charge in [0.2, 0.25) is 5.95 Å². The minimum absolute atomic E-state index is 0.0554. The van der Waals surface area contributed by atoms with Crippen LogP contribution >= 0.6 is 0 Å². The lowest BCUT2D eigenvalue weighted by Crippen LogP contribution is -2.29. The number of amides is 1. The summed E-state index contributed by atoms with van der Waals surface area (Å²) in [5.74, 6) is -1.61. The lowest BCUT2D eigenvalue weighted by Gasteiger charge is -2.00. The summed E-state index contributed by atoms with van der Waals surface area (Å²) in [7, 11) is 0. The topological polar surface area (TPSA) is 118 Å². The molecule has 0 fully saturated rings.